The average molecular weight is 269 g/mol. The Labute approximate surface area is 109 Å². The number of nitrogens with zero attached hydrogens (tertiary/aromatic N) is 3. The van der Waals surface area contributed by atoms with Crippen molar-refractivity contribution in [3.05, 3.63) is 29.3 Å². The Morgan fingerprint density at radius 3 is 3.00 bits per heavy atom. The number of halogens is 1. The van der Waals surface area contributed by atoms with Crippen LogP contribution >= 0.6 is 11.6 Å². The number of rotatable bonds is 4. The summed E-state index contributed by atoms with van der Waals surface area (Å²) in [5.74, 6) is 0.678. The van der Waals surface area contributed by atoms with E-state index in [2.05, 4.69) is 15.1 Å². The fraction of sp³-hybridized carbons (Fsp3) is 0.364. The first-order valence-electron chi connectivity index (χ1n) is 5.26. The van der Waals surface area contributed by atoms with Crippen LogP contribution in [0.2, 0.25) is 5.02 Å². The summed E-state index contributed by atoms with van der Waals surface area (Å²) in [6.45, 7) is 2.05. The first-order chi connectivity index (χ1) is 8.54. The molecule has 1 atom stereocenters. The fourth-order valence-corrected chi connectivity index (χ4v) is 1.68. The molecule has 0 aliphatic heterocycles. The van der Waals surface area contributed by atoms with Crippen molar-refractivity contribution in [2.45, 2.75) is 12.5 Å². The van der Waals surface area contributed by atoms with Crippen molar-refractivity contribution in [2.75, 3.05) is 13.7 Å². The molecule has 2 heterocycles. The molecule has 0 saturated carbocycles. The number of ether oxygens (including phenoxy) is 1. The van der Waals surface area contributed by atoms with Gasteiger partial charge in [-0.3, -0.25) is 4.98 Å². The van der Waals surface area contributed by atoms with E-state index < -0.39 is 5.54 Å². The molecule has 0 aliphatic rings. The van der Waals surface area contributed by atoms with Crippen molar-refractivity contribution >= 4 is 11.6 Å². The molecule has 2 N–H and O–H groups in total. The van der Waals surface area contributed by atoms with E-state index >= 15 is 0 Å². The average Bonchev–Trinajstić information content (AvgIpc) is 2.79. The Morgan fingerprint density at radius 1 is 1.56 bits per heavy atom. The maximum atomic E-state index is 6.02. The summed E-state index contributed by atoms with van der Waals surface area (Å²) in [6.07, 6.45) is 3.11. The van der Waals surface area contributed by atoms with E-state index in [1.807, 2.05) is 0 Å². The summed E-state index contributed by atoms with van der Waals surface area (Å²) in [6, 6.07) is 1.70. The SMILES string of the molecule is COCC(C)(N)c1noc(-c2ccncc2Cl)n1. The molecule has 2 aromatic heterocycles. The second-order valence-corrected chi connectivity index (χ2v) is 4.54. The van der Waals surface area contributed by atoms with Crippen LogP contribution in [0.4, 0.5) is 0 Å². The topological polar surface area (TPSA) is 87.1 Å². The molecule has 96 valence electrons. The summed E-state index contributed by atoms with van der Waals surface area (Å²) in [5, 5.41) is 4.30. The van der Waals surface area contributed by atoms with Gasteiger partial charge in [-0.2, -0.15) is 4.98 Å². The van der Waals surface area contributed by atoms with Crippen LogP contribution in [-0.4, -0.2) is 28.8 Å². The molecule has 18 heavy (non-hydrogen) atoms. The Hall–Kier alpha value is -1.50. The molecule has 1 unspecified atom stereocenters. The molecule has 2 aromatic rings. The van der Waals surface area contributed by atoms with Crippen LogP contribution in [0.1, 0.15) is 12.7 Å². The molecule has 0 radical (unpaired) electrons. The minimum Gasteiger partial charge on any atom is -0.382 e. The third kappa shape index (κ3) is 2.50. The number of pyridine rings is 1. The van der Waals surface area contributed by atoms with Crippen LogP contribution in [0.25, 0.3) is 11.5 Å². The molecule has 0 saturated heterocycles. The standard InChI is InChI=1S/C11H13ClN4O2/c1-11(13,6-17-2)10-15-9(18-16-10)7-3-4-14-5-8(7)12/h3-5H,6,13H2,1-2H3. The van der Waals surface area contributed by atoms with Gasteiger partial charge in [-0.1, -0.05) is 16.8 Å². The van der Waals surface area contributed by atoms with Gasteiger partial charge in [0.2, 0.25) is 0 Å². The lowest BCUT2D eigenvalue weighted by Crippen LogP contribution is -2.38. The molecular formula is C11H13ClN4O2. The van der Waals surface area contributed by atoms with Gasteiger partial charge in [0.05, 0.1) is 17.2 Å². The highest BCUT2D eigenvalue weighted by atomic mass is 35.5. The molecule has 0 spiro atoms. The van der Waals surface area contributed by atoms with Crippen LogP contribution in [0, 0.1) is 0 Å². The van der Waals surface area contributed by atoms with Crippen LogP contribution in [0.15, 0.2) is 23.0 Å². The van der Waals surface area contributed by atoms with Crippen LogP contribution in [-0.2, 0) is 10.3 Å². The summed E-state index contributed by atoms with van der Waals surface area (Å²) in [7, 11) is 1.56. The molecule has 0 aromatic carbocycles. The minimum atomic E-state index is -0.810. The normalized spacial score (nSPS) is 14.4. The third-order valence-electron chi connectivity index (χ3n) is 2.38. The quantitative estimate of drug-likeness (QED) is 0.906. The van der Waals surface area contributed by atoms with Gasteiger partial charge < -0.3 is 15.0 Å². The number of hydrogen-bond donors (Lipinski definition) is 1. The lowest BCUT2D eigenvalue weighted by Gasteiger charge is -2.18. The van der Waals surface area contributed by atoms with E-state index in [1.165, 1.54) is 6.20 Å². The summed E-state index contributed by atoms with van der Waals surface area (Å²) >= 11 is 6.00. The largest absolute Gasteiger partial charge is 0.382 e. The van der Waals surface area contributed by atoms with Gasteiger partial charge in [-0.15, -0.1) is 0 Å². The van der Waals surface area contributed by atoms with Crippen molar-refractivity contribution in [3.63, 3.8) is 0 Å². The monoisotopic (exact) mass is 268 g/mol. The summed E-state index contributed by atoms with van der Waals surface area (Å²) < 4.78 is 10.2. The Kier molecular flexibility index (Phi) is 3.60. The number of methoxy groups -OCH3 is 1. The fourth-order valence-electron chi connectivity index (χ4n) is 1.48. The van der Waals surface area contributed by atoms with E-state index in [0.717, 1.165) is 0 Å². The predicted molar refractivity (Wildman–Crippen MR) is 66.0 cm³/mol. The molecule has 0 amide bonds. The minimum absolute atomic E-state index is 0.288. The van der Waals surface area contributed by atoms with Crippen LogP contribution < -0.4 is 5.73 Å². The predicted octanol–water partition coefficient (Wildman–Crippen LogP) is 1.61. The molecular weight excluding hydrogens is 256 g/mol. The highest BCUT2D eigenvalue weighted by molar-refractivity contribution is 6.32. The zero-order valence-corrected chi connectivity index (χ0v) is 10.8. The van der Waals surface area contributed by atoms with Crippen molar-refractivity contribution in [2.24, 2.45) is 5.73 Å². The Balaban J connectivity index is 2.34. The van der Waals surface area contributed by atoms with Crippen molar-refractivity contribution in [3.8, 4) is 11.5 Å². The highest BCUT2D eigenvalue weighted by Gasteiger charge is 2.28. The molecule has 6 nitrogen and oxygen atoms in total. The van der Waals surface area contributed by atoms with Gasteiger partial charge in [0.1, 0.15) is 5.54 Å². The second-order valence-electron chi connectivity index (χ2n) is 4.13. The molecule has 0 aliphatic carbocycles. The van der Waals surface area contributed by atoms with Gasteiger partial charge in [0.15, 0.2) is 5.82 Å². The Morgan fingerprint density at radius 2 is 2.33 bits per heavy atom. The van der Waals surface area contributed by atoms with Gasteiger partial charge in [-0.25, -0.2) is 0 Å². The zero-order chi connectivity index (χ0) is 13.2. The van der Waals surface area contributed by atoms with Crippen LogP contribution in [0.3, 0.4) is 0 Å². The zero-order valence-electron chi connectivity index (χ0n) is 10.1. The number of nitrogens with two attached hydrogens (primary N) is 1. The first-order valence-corrected chi connectivity index (χ1v) is 5.64. The second kappa shape index (κ2) is 5.01. The van der Waals surface area contributed by atoms with Crippen molar-refractivity contribution < 1.29 is 9.26 Å². The van der Waals surface area contributed by atoms with E-state index in [4.69, 9.17) is 26.6 Å². The smallest absolute Gasteiger partial charge is 0.259 e. The Bertz CT molecular complexity index is 541. The van der Waals surface area contributed by atoms with Gasteiger partial charge in [0, 0.05) is 19.5 Å². The lowest BCUT2D eigenvalue weighted by molar-refractivity contribution is 0.135. The van der Waals surface area contributed by atoms with E-state index in [9.17, 15) is 0 Å². The van der Waals surface area contributed by atoms with Crippen molar-refractivity contribution in [1.29, 1.82) is 0 Å². The molecule has 2 rings (SSSR count). The van der Waals surface area contributed by atoms with Gasteiger partial charge in [0.25, 0.3) is 5.89 Å². The lowest BCUT2D eigenvalue weighted by atomic mass is 10.1. The number of aromatic nitrogens is 3. The van der Waals surface area contributed by atoms with Gasteiger partial charge >= 0.3 is 0 Å². The molecule has 0 bridgehead atoms. The summed E-state index contributed by atoms with van der Waals surface area (Å²) in [4.78, 5) is 8.13. The first kappa shape index (κ1) is 12.9. The van der Waals surface area contributed by atoms with Crippen molar-refractivity contribution in [1.82, 2.24) is 15.1 Å². The maximum Gasteiger partial charge on any atom is 0.259 e. The molecule has 7 heteroatoms. The third-order valence-corrected chi connectivity index (χ3v) is 2.69. The maximum absolute atomic E-state index is 6.02. The van der Waals surface area contributed by atoms with Gasteiger partial charge in [-0.05, 0) is 13.0 Å². The van der Waals surface area contributed by atoms with Crippen LogP contribution in [0.5, 0.6) is 0 Å². The van der Waals surface area contributed by atoms with E-state index in [-0.39, 0.29) is 6.61 Å². The van der Waals surface area contributed by atoms with E-state index in [1.54, 1.807) is 26.3 Å². The molecule has 0 fully saturated rings. The highest BCUT2D eigenvalue weighted by Crippen LogP contribution is 2.26. The van der Waals surface area contributed by atoms with E-state index in [0.29, 0.717) is 22.3 Å². The number of hydrogen-bond acceptors (Lipinski definition) is 6. The summed E-state index contributed by atoms with van der Waals surface area (Å²) in [5.41, 5.74) is 5.84.